The lowest BCUT2D eigenvalue weighted by Crippen LogP contribution is -2.22. The fraction of sp³-hybridized carbons (Fsp3) is 0.176. The van der Waals surface area contributed by atoms with E-state index in [0.717, 1.165) is 12.1 Å². The average Bonchev–Trinajstić information content (AvgIpc) is 3.01. The molecule has 2 heterocycles. The lowest BCUT2D eigenvalue weighted by atomic mass is 10.1. The maximum absolute atomic E-state index is 12.8. The number of hydrogen-bond donors (Lipinski definition) is 1. The molecule has 1 N–H and O–H groups in total. The number of anilines is 1. The highest BCUT2D eigenvalue weighted by Crippen LogP contribution is 2.29. The van der Waals surface area contributed by atoms with Gasteiger partial charge in [-0.2, -0.15) is 13.2 Å². The topological polar surface area (TPSA) is 76.9 Å². The van der Waals surface area contributed by atoms with Crippen LogP contribution in [0.4, 0.5) is 18.3 Å². The molecule has 0 aliphatic rings. The molecule has 1 aromatic carbocycles. The first-order valence-electron chi connectivity index (χ1n) is 7.70. The Kier molecular flexibility index (Phi) is 5.08. The van der Waals surface area contributed by atoms with E-state index in [1.807, 2.05) is 0 Å². The Morgan fingerprint density at radius 1 is 1.22 bits per heavy atom. The van der Waals surface area contributed by atoms with Crippen molar-refractivity contribution in [2.45, 2.75) is 19.6 Å². The normalized spacial score (nSPS) is 11.4. The van der Waals surface area contributed by atoms with Crippen LogP contribution in [-0.2, 0) is 12.7 Å². The second-order valence-electron chi connectivity index (χ2n) is 5.66. The SMILES string of the molecule is Cc1nnc(NC(=O)c2ccc(=O)n(Cc3cccc(C(F)(F)F)c3)c2)s1. The summed E-state index contributed by atoms with van der Waals surface area (Å²) in [6.45, 7) is 1.64. The Bertz CT molecular complexity index is 1040. The van der Waals surface area contributed by atoms with Crippen LogP contribution in [-0.4, -0.2) is 20.7 Å². The summed E-state index contributed by atoms with van der Waals surface area (Å²) in [5.41, 5.74) is -0.761. The van der Waals surface area contributed by atoms with Crippen molar-refractivity contribution in [3.63, 3.8) is 0 Å². The molecule has 0 unspecified atom stereocenters. The average molecular weight is 394 g/mol. The van der Waals surface area contributed by atoms with Gasteiger partial charge >= 0.3 is 6.18 Å². The number of halogens is 3. The van der Waals surface area contributed by atoms with Crippen LogP contribution in [0, 0.1) is 6.92 Å². The predicted octanol–water partition coefficient (Wildman–Crippen LogP) is 3.33. The van der Waals surface area contributed by atoms with Gasteiger partial charge in [-0.3, -0.25) is 14.9 Å². The van der Waals surface area contributed by atoms with Crippen molar-refractivity contribution in [1.82, 2.24) is 14.8 Å². The Labute approximate surface area is 155 Å². The van der Waals surface area contributed by atoms with Gasteiger partial charge in [0, 0.05) is 12.3 Å². The number of carbonyl (C=O) groups is 1. The number of benzene rings is 1. The lowest BCUT2D eigenvalue weighted by molar-refractivity contribution is -0.137. The first kappa shape index (κ1) is 18.8. The first-order valence-corrected chi connectivity index (χ1v) is 8.52. The monoisotopic (exact) mass is 394 g/mol. The zero-order valence-corrected chi connectivity index (χ0v) is 14.8. The van der Waals surface area contributed by atoms with E-state index in [2.05, 4.69) is 15.5 Å². The van der Waals surface area contributed by atoms with Crippen LogP contribution >= 0.6 is 11.3 Å². The Morgan fingerprint density at radius 2 is 2.00 bits per heavy atom. The molecular weight excluding hydrogens is 381 g/mol. The van der Waals surface area contributed by atoms with E-state index in [1.54, 1.807) is 6.92 Å². The minimum Gasteiger partial charge on any atom is -0.310 e. The number of pyridine rings is 1. The van der Waals surface area contributed by atoms with Gasteiger partial charge in [-0.1, -0.05) is 23.5 Å². The fourth-order valence-corrected chi connectivity index (χ4v) is 2.94. The number of nitrogens with zero attached hydrogens (tertiary/aromatic N) is 3. The van der Waals surface area contributed by atoms with Crippen molar-refractivity contribution in [1.29, 1.82) is 0 Å². The van der Waals surface area contributed by atoms with Crippen LogP contribution in [0.1, 0.15) is 26.5 Å². The lowest BCUT2D eigenvalue weighted by Gasteiger charge is -2.11. The van der Waals surface area contributed by atoms with Crippen molar-refractivity contribution in [3.05, 3.63) is 74.6 Å². The van der Waals surface area contributed by atoms with E-state index in [4.69, 9.17) is 0 Å². The minimum absolute atomic E-state index is 0.0954. The number of carbonyl (C=O) groups excluding carboxylic acids is 1. The highest BCUT2D eigenvalue weighted by atomic mass is 32.1. The molecule has 10 heteroatoms. The molecule has 140 valence electrons. The highest BCUT2D eigenvalue weighted by molar-refractivity contribution is 7.15. The predicted molar refractivity (Wildman–Crippen MR) is 93.8 cm³/mol. The Balaban J connectivity index is 1.83. The van der Waals surface area contributed by atoms with Crippen LogP contribution in [0.15, 0.2) is 47.4 Å². The van der Waals surface area contributed by atoms with Gasteiger partial charge in [-0.05, 0) is 30.7 Å². The van der Waals surface area contributed by atoms with E-state index in [0.29, 0.717) is 15.7 Å². The standard InChI is InChI=1S/C17H13F3N4O2S/c1-10-22-23-16(27-10)21-15(26)12-5-6-14(25)24(9-12)8-11-3-2-4-13(7-11)17(18,19)20/h2-7,9H,8H2,1H3,(H,21,23,26). The van der Waals surface area contributed by atoms with Crippen molar-refractivity contribution in [3.8, 4) is 0 Å². The van der Waals surface area contributed by atoms with Gasteiger partial charge in [-0.15, -0.1) is 10.2 Å². The Hall–Kier alpha value is -3.01. The van der Waals surface area contributed by atoms with Crippen LogP contribution in [0.3, 0.4) is 0 Å². The molecule has 0 aliphatic carbocycles. The van der Waals surface area contributed by atoms with E-state index < -0.39 is 23.2 Å². The molecule has 6 nitrogen and oxygen atoms in total. The van der Waals surface area contributed by atoms with E-state index in [9.17, 15) is 22.8 Å². The summed E-state index contributed by atoms with van der Waals surface area (Å²) >= 11 is 1.20. The van der Waals surface area contributed by atoms with Gasteiger partial charge in [0.05, 0.1) is 17.7 Å². The third-order valence-corrected chi connectivity index (χ3v) is 4.35. The molecule has 0 saturated heterocycles. The van der Waals surface area contributed by atoms with Crippen LogP contribution in [0.5, 0.6) is 0 Å². The maximum Gasteiger partial charge on any atom is 0.416 e. The molecule has 1 amide bonds. The van der Waals surface area contributed by atoms with E-state index >= 15 is 0 Å². The number of hydrogen-bond acceptors (Lipinski definition) is 5. The highest BCUT2D eigenvalue weighted by Gasteiger charge is 2.30. The third-order valence-electron chi connectivity index (χ3n) is 3.60. The number of aromatic nitrogens is 3. The quantitative estimate of drug-likeness (QED) is 0.737. The number of rotatable bonds is 4. The van der Waals surface area contributed by atoms with Crippen molar-refractivity contribution < 1.29 is 18.0 Å². The number of amides is 1. The molecule has 27 heavy (non-hydrogen) atoms. The van der Waals surface area contributed by atoms with Crippen molar-refractivity contribution in [2.75, 3.05) is 5.32 Å². The molecule has 3 rings (SSSR count). The smallest absolute Gasteiger partial charge is 0.310 e. The van der Waals surface area contributed by atoms with Crippen molar-refractivity contribution in [2.24, 2.45) is 0 Å². The third kappa shape index (κ3) is 4.59. The summed E-state index contributed by atoms with van der Waals surface area (Å²) in [5, 5.41) is 11.1. The maximum atomic E-state index is 12.8. The molecule has 0 radical (unpaired) electrons. The number of nitrogens with one attached hydrogen (secondary N) is 1. The summed E-state index contributed by atoms with van der Waals surface area (Å²) in [5.74, 6) is -0.496. The second kappa shape index (κ2) is 7.31. The zero-order valence-electron chi connectivity index (χ0n) is 13.9. The van der Waals surface area contributed by atoms with Crippen LogP contribution in [0.25, 0.3) is 0 Å². The molecule has 2 aromatic heterocycles. The van der Waals surface area contributed by atoms with Gasteiger partial charge in [0.2, 0.25) is 5.13 Å². The molecule has 0 aliphatic heterocycles. The van der Waals surface area contributed by atoms with Gasteiger partial charge in [0.1, 0.15) is 5.01 Å². The summed E-state index contributed by atoms with van der Waals surface area (Å²) < 4.78 is 39.7. The largest absolute Gasteiger partial charge is 0.416 e. The molecule has 0 fully saturated rings. The molecule has 0 atom stereocenters. The van der Waals surface area contributed by atoms with Crippen LogP contribution < -0.4 is 10.9 Å². The second-order valence-corrected chi connectivity index (χ2v) is 6.84. The Morgan fingerprint density at radius 3 is 2.67 bits per heavy atom. The first-order chi connectivity index (χ1) is 12.7. The molecule has 0 spiro atoms. The van der Waals surface area contributed by atoms with E-state index in [1.165, 1.54) is 46.4 Å². The van der Waals surface area contributed by atoms with Gasteiger partial charge < -0.3 is 4.57 Å². The summed E-state index contributed by atoms with van der Waals surface area (Å²) in [4.78, 5) is 24.3. The fourth-order valence-electron chi connectivity index (χ4n) is 2.35. The van der Waals surface area contributed by atoms with Crippen molar-refractivity contribution >= 4 is 22.4 Å². The molecule has 0 saturated carbocycles. The summed E-state index contributed by atoms with van der Waals surface area (Å²) in [6, 6.07) is 7.22. The van der Waals surface area contributed by atoms with Gasteiger partial charge in [0.15, 0.2) is 0 Å². The van der Waals surface area contributed by atoms with E-state index in [-0.39, 0.29) is 12.1 Å². The molecule has 3 aromatic rings. The number of aryl methyl sites for hydroxylation is 1. The zero-order chi connectivity index (χ0) is 19.6. The minimum atomic E-state index is -4.47. The number of alkyl halides is 3. The molecule has 0 bridgehead atoms. The van der Waals surface area contributed by atoms with Gasteiger partial charge in [0.25, 0.3) is 11.5 Å². The van der Waals surface area contributed by atoms with Crippen LogP contribution in [0.2, 0.25) is 0 Å². The summed E-state index contributed by atoms with van der Waals surface area (Å²) in [6.07, 6.45) is -3.17. The van der Waals surface area contributed by atoms with Gasteiger partial charge in [-0.25, -0.2) is 0 Å². The summed E-state index contributed by atoms with van der Waals surface area (Å²) in [7, 11) is 0. The molecular formula is C17H13F3N4O2S.